The second-order valence-corrected chi connectivity index (χ2v) is 16.0. The number of aliphatic hydroxyl groups excluding tert-OH is 1. The van der Waals surface area contributed by atoms with Crippen LogP contribution < -0.4 is 21.7 Å². The second-order valence-electron chi connectivity index (χ2n) is 16.0. The minimum Gasteiger partial charge on any atom is -0.448 e. The lowest BCUT2D eigenvalue weighted by Crippen LogP contribution is -2.40. The third-order valence-electron chi connectivity index (χ3n) is 10.2. The van der Waals surface area contributed by atoms with E-state index >= 15 is 0 Å². The zero-order valence-corrected chi connectivity index (χ0v) is 39.2. The summed E-state index contributed by atoms with van der Waals surface area (Å²) in [5.41, 5.74) is 18.0. The molecule has 356 valence electrons. The molecule has 9 rings (SSSR count). The van der Waals surface area contributed by atoms with E-state index in [1.807, 2.05) is 182 Å². The predicted molar refractivity (Wildman–Crippen MR) is 286 cm³/mol. The number of cyclic esters (lactones) is 2. The molecule has 1 aliphatic heterocycles. The minimum atomic E-state index is -1.05. The molecule has 14 nitrogen and oxygen atoms in total. The number of aliphatic hydroxyl groups is 1. The van der Waals surface area contributed by atoms with E-state index in [9.17, 15) is 19.5 Å². The molecule has 71 heavy (non-hydrogen) atoms. The largest absolute Gasteiger partial charge is 0.448 e. The maximum atomic E-state index is 11.5. The first kappa shape index (κ1) is 49.6. The lowest BCUT2D eigenvalue weighted by Gasteiger charge is -2.22. The second kappa shape index (κ2) is 24.7. The van der Waals surface area contributed by atoms with Gasteiger partial charge in [0.05, 0.1) is 45.6 Å². The number of hydrogen-bond acceptors (Lipinski definition) is 13. The Balaban J connectivity index is 0.000000176. The van der Waals surface area contributed by atoms with Crippen LogP contribution in [0.25, 0.3) is 0 Å². The van der Waals surface area contributed by atoms with Gasteiger partial charge in [-0.1, -0.05) is 36.4 Å². The maximum Gasteiger partial charge on any atom is 0.347 e. The number of nitrogens with one attached hydrogen (secondary N) is 3. The normalized spacial score (nSPS) is 15.9. The van der Waals surface area contributed by atoms with E-state index < -0.39 is 36.2 Å². The van der Waals surface area contributed by atoms with Gasteiger partial charge in [0.25, 0.3) is 5.91 Å². The number of benzene rings is 6. The molecule has 6 aromatic carbocycles. The molecule has 0 saturated carbocycles. The number of anilines is 6. The van der Waals surface area contributed by atoms with E-state index in [0.717, 1.165) is 74.0 Å². The van der Waals surface area contributed by atoms with Gasteiger partial charge in [-0.2, -0.15) is 0 Å². The number of allylic oxidation sites excluding steroid dienone is 8. The maximum absolute atomic E-state index is 11.5. The lowest BCUT2D eigenvalue weighted by molar-refractivity contribution is -0.191. The first-order valence-corrected chi connectivity index (χ1v) is 22.7. The van der Waals surface area contributed by atoms with Crippen LogP contribution in [0.5, 0.6) is 0 Å². The van der Waals surface area contributed by atoms with E-state index in [0.29, 0.717) is 5.69 Å². The summed E-state index contributed by atoms with van der Waals surface area (Å²) in [6, 6.07) is 50.7. The molecule has 2 aliphatic carbocycles. The number of amides is 1. The van der Waals surface area contributed by atoms with Gasteiger partial charge < -0.3 is 36.3 Å². The van der Waals surface area contributed by atoms with Crippen LogP contribution in [-0.2, 0) is 23.9 Å². The first-order valence-electron chi connectivity index (χ1n) is 22.7. The number of nitrogens with zero attached hydrogens (tertiary/aromatic N) is 4. The molecule has 0 bridgehead atoms. The zero-order chi connectivity index (χ0) is 50.0. The smallest absolute Gasteiger partial charge is 0.347 e. The Labute approximate surface area is 412 Å². The average Bonchev–Trinajstić information content (AvgIpc) is 3.38. The molecular formula is C57H52N8O6. The molecule has 3 aliphatic rings. The summed E-state index contributed by atoms with van der Waals surface area (Å²) in [7, 11) is 0. The summed E-state index contributed by atoms with van der Waals surface area (Å²) < 4.78 is 9.19. The first-order chi connectivity index (χ1) is 34.4. The lowest BCUT2D eigenvalue weighted by atomic mass is 10.1. The number of nitrogens with two attached hydrogens (primary N) is 1. The van der Waals surface area contributed by atoms with Crippen LogP contribution in [0.15, 0.2) is 226 Å². The van der Waals surface area contributed by atoms with Crippen LogP contribution in [0.2, 0.25) is 0 Å². The van der Waals surface area contributed by atoms with E-state index in [2.05, 4.69) is 45.4 Å². The molecule has 1 amide bonds. The number of carbonyl (C=O) groups excluding carboxylic acids is 3. The van der Waals surface area contributed by atoms with Crippen LogP contribution >= 0.6 is 0 Å². The molecule has 14 heteroatoms. The highest BCUT2D eigenvalue weighted by molar-refractivity contribution is 6.20. The van der Waals surface area contributed by atoms with Crippen LogP contribution in [-0.4, -0.2) is 64.1 Å². The molecule has 0 spiro atoms. The topological polar surface area (TPSA) is 201 Å². The molecule has 6 aromatic rings. The Bertz CT molecular complexity index is 2980. The minimum absolute atomic E-state index is 0.443. The van der Waals surface area contributed by atoms with Crippen molar-refractivity contribution in [2.45, 2.75) is 39.1 Å². The Morgan fingerprint density at radius 2 is 0.746 bits per heavy atom. The quantitative estimate of drug-likeness (QED) is 0.0503. The Hall–Kier alpha value is -9.27. The van der Waals surface area contributed by atoms with Gasteiger partial charge in [-0.3, -0.25) is 4.79 Å². The molecule has 1 fully saturated rings. The van der Waals surface area contributed by atoms with Crippen molar-refractivity contribution in [3.63, 3.8) is 0 Å². The third kappa shape index (κ3) is 15.9. The Kier molecular flexibility index (Phi) is 17.2. The highest BCUT2D eigenvalue weighted by atomic mass is 16.6. The monoisotopic (exact) mass is 944 g/mol. The number of ether oxygens (including phenoxy) is 2. The van der Waals surface area contributed by atoms with Crippen LogP contribution in [0.4, 0.5) is 56.9 Å². The van der Waals surface area contributed by atoms with Crippen molar-refractivity contribution >= 4 is 97.6 Å². The molecule has 0 radical (unpaired) electrons. The Morgan fingerprint density at radius 1 is 0.465 bits per heavy atom. The molecule has 6 N–H and O–H groups in total. The molecule has 0 aromatic heterocycles. The van der Waals surface area contributed by atoms with Crippen LogP contribution in [0, 0.1) is 0 Å². The van der Waals surface area contributed by atoms with Crippen molar-refractivity contribution in [1.29, 1.82) is 0 Å². The zero-order valence-electron chi connectivity index (χ0n) is 39.2. The summed E-state index contributed by atoms with van der Waals surface area (Å²) in [6.45, 7) is 4.38. The van der Waals surface area contributed by atoms with Gasteiger partial charge in [-0.25, -0.2) is 29.6 Å². The van der Waals surface area contributed by atoms with E-state index in [1.165, 1.54) is 20.8 Å². The molecular weight excluding hydrogens is 893 g/mol. The van der Waals surface area contributed by atoms with Gasteiger partial charge in [-0.05, 0) is 191 Å². The number of carbonyl (C=O) groups is 3. The van der Waals surface area contributed by atoms with Gasteiger partial charge in [0, 0.05) is 34.1 Å². The summed E-state index contributed by atoms with van der Waals surface area (Å²) in [6.07, 6.45) is 13.0. The van der Waals surface area contributed by atoms with Gasteiger partial charge >= 0.3 is 11.9 Å². The highest BCUT2D eigenvalue weighted by Gasteiger charge is 2.32. The standard InChI is InChI=1S/C27H24N4O2.C24H20N4.C6H8O4/c1-19(32)27(33)31-26-17-15-25(16-18-26)30-24-13-11-23(12-14-24)29-22-9-7-21(8-10-22)28-20-5-3-2-4-6-20;25-18-6-8-20(9-7-18)27-22-14-16-24(17-15-22)28-23-12-10-21(11-13-23)26-19-4-2-1-3-5-19;1-3-5(7)10-4(2)6(8)9-3/h2-19,28,32H,1H3,(H,31,33);1-17,26H,25H2;3-4H,1-2H3. The van der Waals surface area contributed by atoms with E-state index in [-0.39, 0.29) is 0 Å². The van der Waals surface area contributed by atoms with Crippen molar-refractivity contribution in [2.75, 3.05) is 21.7 Å². The van der Waals surface area contributed by atoms with Crippen LogP contribution in [0.1, 0.15) is 20.8 Å². The van der Waals surface area contributed by atoms with E-state index in [1.54, 1.807) is 24.3 Å². The molecule has 1 saturated heterocycles. The van der Waals surface area contributed by atoms with E-state index in [4.69, 9.17) is 5.73 Å². The third-order valence-corrected chi connectivity index (χ3v) is 10.2. The van der Waals surface area contributed by atoms with Gasteiger partial charge in [0.1, 0.15) is 6.10 Å². The van der Waals surface area contributed by atoms with Gasteiger partial charge in [0.2, 0.25) is 0 Å². The fourth-order valence-corrected chi connectivity index (χ4v) is 6.47. The molecule has 3 atom stereocenters. The van der Waals surface area contributed by atoms with Gasteiger partial charge in [-0.15, -0.1) is 0 Å². The summed E-state index contributed by atoms with van der Waals surface area (Å²) in [5, 5.41) is 18.6. The number of hydrogen-bond donors (Lipinski definition) is 5. The number of esters is 2. The Morgan fingerprint density at radius 3 is 1.06 bits per heavy atom. The SMILES string of the molecule is CC(O)C(=O)Nc1ccc(N=C2C=CC(=Nc3ccc(Nc4ccccc4)cc3)C=C2)cc1.CC1OC(=O)C(C)OC1=O.Nc1ccc(N=C2C=CC(=Nc3ccc(Nc4ccccc4)cc3)C=C2)cc1. The highest BCUT2D eigenvalue weighted by Crippen LogP contribution is 2.24. The fourth-order valence-electron chi connectivity index (χ4n) is 6.47. The number of aliphatic imine (C=N–C) groups is 4. The van der Waals surface area contributed by atoms with Crippen molar-refractivity contribution in [3.8, 4) is 0 Å². The number of nitrogen functional groups attached to an aromatic ring is 1. The van der Waals surface area contributed by atoms with Crippen molar-refractivity contribution < 1.29 is 29.0 Å². The average molecular weight is 945 g/mol. The van der Waals surface area contributed by atoms with Crippen molar-refractivity contribution in [3.05, 3.63) is 206 Å². The summed E-state index contributed by atoms with van der Waals surface area (Å²) in [5.74, 6) is -1.40. The number of para-hydroxylation sites is 2. The number of rotatable bonds is 10. The summed E-state index contributed by atoms with van der Waals surface area (Å²) >= 11 is 0. The molecule has 3 unspecified atom stereocenters. The van der Waals surface area contributed by atoms with Gasteiger partial charge in [0.15, 0.2) is 12.2 Å². The van der Waals surface area contributed by atoms with Crippen molar-refractivity contribution in [2.24, 2.45) is 20.0 Å². The predicted octanol–water partition coefficient (Wildman–Crippen LogP) is 11.6. The summed E-state index contributed by atoms with van der Waals surface area (Å²) in [4.78, 5) is 51.3. The fraction of sp³-hybridized carbons (Fsp3) is 0.105. The van der Waals surface area contributed by atoms with Crippen molar-refractivity contribution in [1.82, 2.24) is 0 Å². The van der Waals surface area contributed by atoms with Crippen LogP contribution in [0.3, 0.4) is 0 Å². The molecule has 1 heterocycles.